The van der Waals surface area contributed by atoms with E-state index in [2.05, 4.69) is 11.4 Å². The summed E-state index contributed by atoms with van der Waals surface area (Å²) in [5.74, 6) is 0.809. The number of methoxy groups -OCH3 is 1. The minimum Gasteiger partial charge on any atom is -0.497 e. The molecule has 0 bridgehead atoms. The fourth-order valence-corrected chi connectivity index (χ4v) is 2.13. The van der Waals surface area contributed by atoms with Crippen molar-refractivity contribution in [2.24, 2.45) is 0 Å². The summed E-state index contributed by atoms with van der Waals surface area (Å²) >= 11 is 1.55. The van der Waals surface area contributed by atoms with Gasteiger partial charge in [-0.15, -0.1) is 11.3 Å². The topological polar surface area (TPSA) is 45.0 Å². The molecular formula is C14H12N2OS. The van der Waals surface area contributed by atoms with Crippen molar-refractivity contribution in [3.8, 4) is 11.8 Å². The lowest BCUT2D eigenvalue weighted by Gasteiger charge is -2.03. The van der Waals surface area contributed by atoms with Crippen LogP contribution in [0.15, 0.2) is 48.0 Å². The second kappa shape index (κ2) is 5.89. The molecule has 0 aliphatic carbocycles. The van der Waals surface area contributed by atoms with Crippen LogP contribution in [-0.2, 0) is 0 Å². The predicted molar refractivity (Wildman–Crippen MR) is 74.5 cm³/mol. The van der Waals surface area contributed by atoms with Crippen LogP contribution in [0.4, 0.5) is 5.69 Å². The van der Waals surface area contributed by atoms with E-state index in [9.17, 15) is 0 Å². The van der Waals surface area contributed by atoms with Crippen LogP contribution in [0.3, 0.4) is 0 Å². The summed E-state index contributed by atoms with van der Waals surface area (Å²) in [6, 6.07) is 13.6. The highest BCUT2D eigenvalue weighted by atomic mass is 32.1. The standard InChI is InChI=1S/C14H12N2OS/c1-17-13-6-4-12(5-7-13)16-10-11(9-15)14-3-2-8-18-14/h2-8,10,16H,1H3. The van der Waals surface area contributed by atoms with Crippen molar-refractivity contribution < 1.29 is 4.74 Å². The first-order chi connectivity index (χ1) is 8.83. The summed E-state index contributed by atoms with van der Waals surface area (Å²) in [7, 11) is 1.63. The van der Waals surface area contributed by atoms with Crippen molar-refractivity contribution in [3.05, 3.63) is 52.9 Å². The summed E-state index contributed by atoms with van der Waals surface area (Å²) in [6.07, 6.45) is 1.72. The predicted octanol–water partition coefficient (Wildman–Crippen LogP) is 3.73. The van der Waals surface area contributed by atoms with Gasteiger partial charge in [0.15, 0.2) is 0 Å². The number of hydrogen-bond donors (Lipinski definition) is 1. The van der Waals surface area contributed by atoms with E-state index in [1.54, 1.807) is 24.6 Å². The minimum atomic E-state index is 0.626. The molecule has 90 valence electrons. The smallest absolute Gasteiger partial charge is 0.119 e. The molecule has 2 aromatic rings. The molecule has 1 aromatic heterocycles. The Balaban J connectivity index is 2.11. The molecule has 1 N–H and O–H groups in total. The largest absolute Gasteiger partial charge is 0.497 e. The molecule has 1 aromatic carbocycles. The number of thiophene rings is 1. The Morgan fingerprint density at radius 1 is 1.33 bits per heavy atom. The summed E-state index contributed by atoms with van der Waals surface area (Å²) in [5.41, 5.74) is 1.54. The first-order valence-electron chi connectivity index (χ1n) is 5.38. The molecule has 0 amide bonds. The number of ether oxygens (including phenoxy) is 1. The zero-order chi connectivity index (χ0) is 12.8. The number of nitrogens with one attached hydrogen (secondary N) is 1. The quantitative estimate of drug-likeness (QED) is 0.848. The Morgan fingerprint density at radius 3 is 2.67 bits per heavy atom. The number of hydrogen-bond acceptors (Lipinski definition) is 4. The Kier molecular flexibility index (Phi) is 4.00. The number of rotatable bonds is 4. The van der Waals surface area contributed by atoms with Gasteiger partial charge in [-0.05, 0) is 35.7 Å². The average molecular weight is 256 g/mol. The molecule has 0 aliphatic rings. The SMILES string of the molecule is COc1ccc(NC=C(C#N)c2cccs2)cc1. The van der Waals surface area contributed by atoms with Gasteiger partial charge < -0.3 is 10.1 Å². The van der Waals surface area contributed by atoms with Gasteiger partial charge in [0.25, 0.3) is 0 Å². The average Bonchev–Trinajstić information content (AvgIpc) is 2.94. The third kappa shape index (κ3) is 2.90. The maximum absolute atomic E-state index is 9.09. The molecule has 18 heavy (non-hydrogen) atoms. The van der Waals surface area contributed by atoms with Crippen LogP contribution < -0.4 is 10.1 Å². The Hall–Kier alpha value is -2.25. The van der Waals surface area contributed by atoms with Gasteiger partial charge in [0, 0.05) is 16.8 Å². The monoisotopic (exact) mass is 256 g/mol. The van der Waals surface area contributed by atoms with Crippen molar-refractivity contribution in [3.63, 3.8) is 0 Å². The van der Waals surface area contributed by atoms with E-state index in [1.165, 1.54) is 0 Å². The van der Waals surface area contributed by atoms with Crippen molar-refractivity contribution in [2.45, 2.75) is 0 Å². The third-order valence-corrected chi connectivity index (χ3v) is 3.28. The van der Waals surface area contributed by atoms with Gasteiger partial charge in [-0.3, -0.25) is 0 Å². The van der Waals surface area contributed by atoms with E-state index in [1.807, 2.05) is 41.8 Å². The van der Waals surface area contributed by atoms with Crippen LogP contribution in [0.5, 0.6) is 5.75 Å². The molecule has 2 rings (SSSR count). The normalized spacial score (nSPS) is 10.8. The highest BCUT2D eigenvalue weighted by Crippen LogP contribution is 2.20. The Morgan fingerprint density at radius 2 is 2.11 bits per heavy atom. The van der Waals surface area contributed by atoms with E-state index >= 15 is 0 Å². The molecule has 3 nitrogen and oxygen atoms in total. The molecule has 0 fully saturated rings. The molecule has 0 aliphatic heterocycles. The summed E-state index contributed by atoms with van der Waals surface area (Å²) in [4.78, 5) is 0.957. The summed E-state index contributed by atoms with van der Waals surface area (Å²) in [5, 5.41) is 14.1. The number of anilines is 1. The Bertz CT molecular complexity index is 565. The van der Waals surface area contributed by atoms with Crippen molar-refractivity contribution in [1.82, 2.24) is 0 Å². The second-order valence-electron chi connectivity index (χ2n) is 3.52. The highest BCUT2D eigenvalue weighted by molar-refractivity contribution is 7.11. The van der Waals surface area contributed by atoms with Crippen molar-refractivity contribution in [1.29, 1.82) is 5.26 Å². The van der Waals surface area contributed by atoms with Crippen LogP contribution in [0, 0.1) is 11.3 Å². The van der Waals surface area contributed by atoms with E-state index in [0.29, 0.717) is 5.57 Å². The summed E-state index contributed by atoms with van der Waals surface area (Å²) in [6.45, 7) is 0. The molecule has 1 heterocycles. The molecule has 0 unspecified atom stereocenters. The van der Waals surface area contributed by atoms with Gasteiger partial charge in [0.1, 0.15) is 11.8 Å². The zero-order valence-corrected chi connectivity index (χ0v) is 10.7. The molecule has 0 saturated carbocycles. The van der Waals surface area contributed by atoms with Crippen LogP contribution in [-0.4, -0.2) is 7.11 Å². The van der Waals surface area contributed by atoms with Gasteiger partial charge in [-0.1, -0.05) is 6.07 Å². The van der Waals surface area contributed by atoms with Gasteiger partial charge in [-0.25, -0.2) is 0 Å². The second-order valence-corrected chi connectivity index (χ2v) is 4.47. The molecule has 0 atom stereocenters. The molecule has 4 heteroatoms. The van der Waals surface area contributed by atoms with Crippen LogP contribution in [0.25, 0.3) is 5.57 Å². The number of nitriles is 1. The van der Waals surface area contributed by atoms with Crippen LogP contribution >= 0.6 is 11.3 Å². The fraction of sp³-hybridized carbons (Fsp3) is 0.0714. The molecule has 0 saturated heterocycles. The fourth-order valence-electron chi connectivity index (χ4n) is 1.43. The molecule has 0 radical (unpaired) electrons. The van der Waals surface area contributed by atoms with Gasteiger partial charge in [-0.2, -0.15) is 5.26 Å². The molecular weight excluding hydrogens is 244 g/mol. The number of benzene rings is 1. The number of allylic oxidation sites excluding steroid dienone is 1. The van der Waals surface area contributed by atoms with Gasteiger partial charge in [0.2, 0.25) is 0 Å². The first-order valence-corrected chi connectivity index (χ1v) is 6.26. The summed E-state index contributed by atoms with van der Waals surface area (Å²) < 4.78 is 5.08. The first kappa shape index (κ1) is 12.2. The minimum absolute atomic E-state index is 0.626. The van der Waals surface area contributed by atoms with Crippen LogP contribution in [0.2, 0.25) is 0 Å². The van der Waals surface area contributed by atoms with E-state index in [-0.39, 0.29) is 0 Å². The van der Waals surface area contributed by atoms with Crippen LogP contribution in [0.1, 0.15) is 4.88 Å². The maximum atomic E-state index is 9.09. The third-order valence-electron chi connectivity index (χ3n) is 2.38. The van der Waals surface area contributed by atoms with E-state index in [0.717, 1.165) is 16.3 Å². The lowest BCUT2D eigenvalue weighted by atomic mass is 10.2. The zero-order valence-electron chi connectivity index (χ0n) is 9.88. The maximum Gasteiger partial charge on any atom is 0.119 e. The lowest BCUT2D eigenvalue weighted by Crippen LogP contribution is -1.90. The van der Waals surface area contributed by atoms with Gasteiger partial charge in [0.05, 0.1) is 12.7 Å². The number of nitrogens with zero attached hydrogens (tertiary/aromatic N) is 1. The van der Waals surface area contributed by atoms with Crippen molar-refractivity contribution in [2.75, 3.05) is 12.4 Å². The lowest BCUT2D eigenvalue weighted by molar-refractivity contribution is 0.415. The van der Waals surface area contributed by atoms with E-state index in [4.69, 9.17) is 10.00 Å². The van der Waals surface area contributed by atoms with Gasteiger partial charge >= 0.3 is 0 Å². The Labute approximate surface area is 110 Å². The van der Waals surface area contributed by atoms with E-state index < -0.39 is 0 Å². The molecule has 0 spiro atoms. The van der Waals surface area contributed by atoms with Crippen molar-refractivity contribution >= 4 is 22.6 Å². The highest BCUT2D eigenvalue weighted by Gasteiger charge is 2.00.